The number of carbonyl (C=O) groups is 2. The van der Waals surface area contributed by atoms with E-state index in [9.17, 15) is 9.59 Å². The summed E-state index contributed by atoms with van der Waals surface area (Å²) >= 11 is 6.71. The minimum absolute atomic E-state index is 0.0363. The first-order valence-corrected chi connectivity index (χ1v) is 14.6. The Hall–Kier alpha value is -3.55. The Bertz CT molecular complexity index is 1310. The van der Waals surface area contributed by atoms with Gasteiger partial charge in [0.05, 0.1) is 18.7 Å². The number of ether oxygens (including phenoxy) is 3. The van der Waals surface area contributed by atoms with Crippen LogP contribution in [0.4, 0.5) is 0 Å². The molecule has 0 radical (unpaired) electrons. The van der Waals surface area contributed by atoms with Crippen molar-refractivity contribution in [1.29, 1.82) is 0 Å². The first-order valence-electron chi connectivity index (χ1n) is 14.3. The van der Waals surface area contributed by atoms with Gasteiger partial charge < -0.3 is 24.8 Å². The predicted octanol–water partition coefficient (Wildman–Crippen LogP) is 6.37. The minimum atomic E-state index is -0.481. The Labute approximate surface area is 247 Å². The Morgan fingerprint density at radius 3 is 2.68 bits per heavy atom. The van der Waals surface area contributed by atoms with E-state index in [0.29, 0.717) is 55.7 Å². The molecular formula is C33H39ClN2O5. The van der Waals surface area contributed by atoms with Crippen LogP contribution in [0.2, 0.25) is 5.02 Å². The van der Waals surface area contributed by atoms with Crippen molar-refractivity contribution < 1.29 is 23.8 Å². The molecule has 0 spiro atoms. The van der Waals surface area contributed by atoms with E-state index in [4.69, 9.17) is 25.8 Å². The lowest BCUT2D eigenvalue weighted by molar-refractivity contribution is -0.143. The molecule has 0 bridgehead atoms. The van der Waals surface area contributed by atoms with Gasteiger partial charge in [0.15, 0.2) is 0 Å². The molecule has 0 fully saturated rings. The van der Waals surface area contributed by atoms with Crippen LogP contribution >= 0.6 is 11.6 Å². The monoisotopic (exact) mass is 578 g/mol. The highest BCUT2D eigenvalue weighted by Crippen LogP contribution is 2.35. The van der Waals surface area contributed by atoms with Crippen LogP contribution in [0.25, 0.3) is 11.1 Å². The molecule has 3 aromatic carbocycles. The molecule has 4 rings (SSSR count). The summed E-state index contributed by atoms with van der Waals surface area (Å²) in [6, 6.07) is 19.7. The van der Waals surface area contributed by atoms with Gasteiger partial charge in [-0.05, 0) is 67.3 Å². The first kappa shape index (κ1) is 30.4. The molecule has 7 nitrogen and oxygen atoms in total. The van der Waals surface area contributed by atoms with E-state index in [0.717, 1.165) is 53.5 Å². The number of halogens is 1. The van der Waals surface area contributed by atoms with Crippen LogP contribution in [-0.2, 0) is 27.5 Å². The number of carbonyl (C=O) groups excluding carboxylic acids is 2. The summed E-state index contributed by atoms with van der Waals surface area (Å²) in [7, 11) is 1.39. The van der Waals surface area contributed by atoms with E-state index in [2.05, 4.69) is 41.8 Å². The molecule has 3 aromatic rings. The number of esters is 1. The molecule has 1 atom stereocenters. The molecule has 41 heavy (non-hydrogen) atoms. The van der Waals surface area contributed by atoms with Crippen molar-refractivity contribution in [2.75, 3.05) is 20.3 Å². The number of hydrogen-bond donors (Lipinski definition) is 2. The lowest BCUT2D eigenvalue weighted by atomic mass is 9.97. The van der Waals surface area contributed by atoms with Gasteiger partial charge in [0.25, 0.3) is 0 Å². The number of rotatable bonds is 5. The van der Waals surface area contributed by atoms with Crippen molar-refractivity contribution in [3.8, 4) is 22.6 Å². The third-order valence-corrected chi connectivity index (χ3v) is 7.65. The highest BCUT2D eigenvalue weighted by atomic mass is 35.5. The molecule has 2 N–H and O–H groups in total. The highest BCUT2D eigenvalue weighted by Gasteiger charge is 2.20. The van der Waals surface area contributed by atoms with Gasteiger partial charge in [0.1, 0.15) is 24.1 Å². The van der Waals surface area contributed by atoms with Gasteiger partial charge in [-0.1, -0.05) is 60.1 Å². The normalized spacial score (nSPS) is 17.0. The molecule has 8 heteroatoms. The molecule has 1 heterocycles. The first-order chi connectivity index (χ1) is 20.0. The Kier molecular flexibility index (Phi) is 11.5. The maximum Gasteiger partial charge on any atom is 0.322 e. The predicted molar refractivity (Wildman–Crippen MR) is 161 cm³/mol. The number of amides is 1. The topological polar surface area (TPSA) is 85.9 Å². The zero-order valence-electron chi connectivity index (χ0n) is 23.8. The summed E-state index contributed by atoms with van der Waals surface area (Å²) in [5, 5.41) is 6.72. The highest BCUT2D eigenvalue weighted by molar-refractivity contribution is 6.32. The number of hydrogen-bond acceptors (Lipinski definition) is 6. The third kappa shape index (κ3) is 8.72. The summed E-state index contributed by atoms with van der Waals surface area (Å²) in [5.41, 5.74) is 5.36. The number of benzene rings is 3. The van der Waals surface area contributed by atoms with Crippen molar-refractivity contribution in [3.05, 3.63) is 82.4 Å². The molecule has 0 unspecified atom stereocenters. The zero-order valence-corrected chi connectivity index (χ0v) is 24.6. The molecule has 1 aliphatic heterocycles. The van der Waals surface area contributed by atoms with E-state index in [1.54, 1.807) is 0 Å². The van der Waals surface area contributed by atoms with Crippen molar-refractivity contribution in [2.45, 2.75) is 64.6 Å². The molecule has 1 aliphatic rings. The van der Waals surface area contributed by atoms with E-state index in [1.165, 1.54) is 7.11 Å². The van der Waals surface area contributed by atoms with Gasteiger partial charge in [0, 0.05) is 31.1 Å². The summed E-state index contributed by atoms with van der Waals surface area (Å²) in [6.45, 7) is 3.87. The number of fused-ring (bicyclic) bond motifs is 1. The van der Waals surface area contributed by atoms with Gasteiger partial charge >= 0.3 is 5.97 Å². The fourth-order valence-electron chi connectivity index (χ4n) is 4.92. The second kappa shape index (κ2) is 15.5. The molecule has 218 valence electrons. The third-order valence-electron chi connectivity index (χ3n) is 7.35. The van der Waals surface area contributed by atoms with Crippen LogP contribution in [0.15, 0.2) is 60.7 Å². The SMILES string of the molecule is COC(=O)[C@@H]1CCCCNC(=O)CCCCOc2cc(OCc3cccc(-c4ccccc4)c3C)c(Cl)cc2CN1. The molecular weight excluding hydrogens is 540 g/mol. The van der Waals surface area contributed by atoms with Crippen molar-refractivity contribution in [2.24, 2.45) is 0 Å². The van der Waals surface area contributed by atoms with Crippen LogP contribution in [0, 0.1) is 6.92 Å². The van der Waals surface area contributed by atoms with Gasteiger partial charge in [-0.3, -0.25) is 9.59 Å². The Balaban J connectivity index is 1.53. The second-order valence-corrected chi connectivity index (χ2v) is 10.6. The summed E-state index contributed by atoms with van der Waals surface area (Å²) in [5.74, 6) is 0.867. The average Bonchev–Trinajstić information content (AvgIpc) is 2.98. The molecule has 0 saturated carbocycles. The molecule has 0 saturated heterocycles. The second-order valence-electron chi connectivity index (χ2n) is 10.2. The quantitative estimate of drug-likeness (QED) is 0.342. The van der Waals surface area contributed by atoms with E-state index in [-0.39, 0.29) is 11.9 Å². The van der Waals surface area contributed by atoms with Crippen LogP contribution < -0.4 is 20.1 Å². The standard InChI is InChI=1S/C33H39ClN2O5/c1-23-25(13-10-14-27(23)24-11-4-3-5-12-24)22-41-31-20-30-26(19-28(31)34)21-36-29(33(38)39-2)15-6-8-17-35-32(37)16-7-9-18-40-30/h3-5,10-14,19-20,29,36H,6-9,15-18,21-22H2,1-2H3,(H,35,37)/t29-/m0/s1. The van der Waals surface area contributed by atoms with E-state index < -0.39 is 6.04 Å². The van der Waals surface area contributed by atoms with E-state index >= 15 is 0 Å². The maximum absolute atomic E-state index is 12.4. The largest absolute Gasteiger partial charge is 0.493 e. The fraction of sp³-hybridized carbons (Fsp3) is 0.394. The fourth-order valence-corrected chi connectivity index (χ4v) is 5.16. The van der Waals surface area contributed by atoms with Gasteiger partial charge in [-0.2, -0.15) is 0 Å². The van der Waals surface area contributed by atoms with Gasteiger partial charge in [0.2, 0.25) is 5.91 Å². The molecule has 0 aliphatic carbocycles. The minimum Gasteiger partial charge on any atom is -0.493 e. The van der Waals surface area contributed by atoms with Crippen LogP contribution in [0.3, 0.4) is 0 Å². The smallest absolute Gasteiger partial charge is 0.322 e. The lowest BCUT2D eigenvalue weighted by Gasteiger charge is -2.20. The van der Waals surface area contributed by atoms with Gasteiger partial charge in [-0.25, -0.2) is 0 Å². The summed E-state index contributed by atoms with van der Waals surface area (Å²) < 4.78 is 17.4. The zero-order chi connectivity index (χ0) is 29.0. The Morgan fingerprint density at radius 1 is 1.05 bits per heavy atom. The summed E-state index contributed by atoms with van der Waals surface area (Å²) in [6.07, 6.45) is 4.08. The van der Waals surface area contributed by atoms with Crippen LogP contribution in [-0.4, -0.2) is 38.2 Å². The average molecular weight is 579 g/mol. The number of nitrogens with one attached hydrogen (secondary N) is 2. The Morgan fingerprint density at radius 2 is 1.88 bits per heavy atom. The molecule has 1 amide bonds. The van der Waals surface area contributed by atoms with Crippen molar-refractivity contribution >= 4 is 23.5 Å². The summed E-state index contributed by atoms with van der Waals surface area (Å²) in [4.78, 5) is 24.5. The lowest BCUT2D eigenvalue weighted by Crippen LogP contribution is -2.37. The maximum atomic E-state index is 12.4. The van der Waals surface area contributed by atoms with Crippen molar-refractivity contribution in [3.63, 3.8) is 0 Å². The van der Waals surface area contributed by atoms with Gasteiger partial charge in [-0.15, -0.1) is 0 Å². The number of methoxy groups -OCH3 is 1. The molecule has 0 aromatic heterocycles. The van der Waals surface area contributed by atoms with Crippen molar-refractivity contribution in [1.82, 2.24) is 10.6 Å². The van der Waals surface area contributed by atoms with Crippen LogP contribution in [0.5, 0.6) is 11.5 Å². The van der Waals surface area contributed by atoms with Crippen LogP contribution in [0.1, 0.15) is 55.2 Å². The van der Waals surface area contributed by atoms with E-state index in [1.807, 2.05) is 36.4 Å².